The molecule has 1 aromatic carbocycles. The van der Waals surface area contributed by atoms with Crippen LogP contribution in [0.15, 0.2) is 24.5 Å². The molecule has 3 aromatic rings. The lowest BCUT2D eigenvalue weighted by atomic mass is 10.2. The molecule has 5 rings (SSSR count). The lowest BCUT2D eigenvalue weighted by Gasteiger charge is -2.18. The number of benzene rings is 1. The van der Waals surface area contributed by atoms with Crippen molar-refractivity contribution in [2.75, 3.05) is 37.4 Å². The van der Waals surface area contributed by atoms with Gasteiger partial charge in [0.05, 0.1) is 40.7 Å². The fourth-order valence-corrected chi connectivity index (χ4v) is 4.25. The number of hydrogen-bond donors (Lipinski definition) is 1. The van der Waals surface area contributed by atoms with Crippen molar-refractivity contribution in [3.63, 3.8) is 0 Å². The van der Waals surface area contributed by atoms with Crippen molar-refractivity contribution in [1.29, 1.82) is 0 Å². The van der Waals surface area contributed by atoms with Crippen LogP contribution in [0.25, 0.3) is 10.9 Å². The van der Waals surface area contributed by atoms with Gasteiger partial charge in [0.1, 0.15) is 14.1 Å². The summed E-state index contributed by atoms with van der Waals surface area (Å²) in [6.45, 7) is 1.83. The smallest absolute Gasteiger partial charge is 0.227 e. The number of aromatic nitrogens is 4. The van der Waals surface area contributed by atoms with Gasteiger partial charge in [-0.2, -0.15) is 5.10 Å². The summed E-state index contributed by atoms with van der Waals surface area (Å²) in [5, 5.41) is 9.79. The molecule has 1 N–H and O–H groups in total. The number of fused-ring (bicyclic) bond motifs is 1. The van der Waals surface area contributed by atoms with Crippen LogP contribution in [-0.2, 0) is 0 Å². The normalized spacial score (nSPS) is 16.7. The molecule has 1 aliphatic carbocycles. The minimum absolute atomic E-state index is 0.421. The first-order chi connectivity index (χ1) is 14.0. The van der Waals surface area contributed by atoms with Crippen molar-refractivity contribution >= 4 is 57.1 Å². The Kier molecular flexibility index (Phi) is 4.59. The highest BCUT2D eigenvalue weighted by Crippen LogP contribution is 2.39. The molecule has 2 aromatic heterocycles. The van der Waals surface area contributed by atoms with Crippen LogP contribution >= 0.6 is 23.2 Å². The van der Waals surface area contributed by atoms with E-state index in [9.17, 15) is 0 Å². The van der Waals surface area contributed by atoms with Gasteiger partial charge in [-0.05, 0) is 25.0 Å². The zero-order valence-corrected chi connectivity index (χ0v) is 17.9. The first-order valence-corrected chi connectivity index (χ1v) is 10.5. The molecule has 29 heavy (non-hydrogen) atoms. The van der Waals surface area contributed by atoms with E-state index in [-0.39, 0.29) is 0 Å². The standard InChI is InChI=1S/C20H22Cl2N7/c1-27(2)14-5-6-28(11-14)18-8-16-12(7-15(18)21)9-23-20(25-16)26-17-10-24-29(19(17)22)13-3-4-13/h7-10,13H,3-6,11H2,1-2H3,(H,23,25,26)/q+1. The van der Waals surface area contributed by atoms with Crippen molar-refractivity contribution in [3.8, 4) is 0 Å². The van der Waals surface area contributed by atoms with E-state index in [1.807, 2.05) is 16.8 Å². The van der Waals surface area contributed by atoms with Crippen LogP contribution in [0.5, 0.6) is 0 Å². The molecule has 0 radical (unpaired) electrons. The first kappa shape index (κ1) is 18.6. The van der Waals surface area contributed by atoms with E-state index in [2.05, 4.69) is 44.0 Å². The molecule has 1 saturated carbocycles. The molecule has 0 spiro atoms. The van der Waals surface area contributed by atoms with Gasteiger partial charge in [0.2, 0.25) is 5.95 Å². The third kappa shape index (κ3) is 3.53. The third-order valence-electron chi connectivity index (χ3n) is 5.54. The highest BCUT2D eigenvalue weighted by Gasteiger charge is 2.28. The maximum atomic E-state index is 6.58. The second-order valence-electron chi connectivity index (χ2n) is 7.84. The Hall–Kier alpha value is -2.38. The number of hydrogen-bond acceptors (Lipinski definition) is 5. The molecule has 2 aliphatic rings. The summed E-state index contributed by atoms with van der Waals surface area (Å²) in [5.41, 5.74) is 3.96. The summed E-state index contributed by atoms with van der Waals surface area (Å²) in [6, 6.07) is 4.39. The van der Waals surface area contributed by atoms with Gasteiger partial charge in [-0.25, -0.2) is 19.2 Å². The molecular weight excluding hydrogens is 409 g/mol. The lowest BCUT2D eigenvalue weighted by molar-refractivity contribution is -0.465. The number of nitrogens with one attached hydrogen (secondary N) is 1. The van der Waals surface area contributed by atoms with Gasteiger partial charge < -0.3 is 10.2 Å². The molecule has 0 unspecified atom stereocenters. The largest absolute Gasteiger partial charge is 0.360 e. The van der Waals surface area contributed by atoms with Crippen LogP contribution in [-0.4, -0.2) is 57.2 Å². The van der Waals surface area contributed by atoms with Gasteiger partial charge in [-0.1, -0.05) is 23.2 Å². The van der Waals surface area contributed by atoms with Gasteiger partial charge in [-0.15, -0.1) is 0 Å². The Balaban J connectivity index is 1.45. The van der Waals surface area contributed by atoms with E-state index in [4.69, 9.17) is 23.2 Å². The summed E-state index contributed by atoms with van der Waals surface area (Å²) >= 11 is 13.0. The number of halogens is 2. The highest BCUT2D eigenvalue weighted by atomic mass is 35.5. The minimum Gasteiger partial charge on any atom is -0.360 e. The Bertz CT molecular complexity index is 1130. The average molecular weight is 431 g/mol. The fourth-order valence-electron chi connectivity index (χ4n) is 3.68. The predicted molar refractivity (Wildman–Crippen MR) is 117 cm³/mol. The molecule has 0 bridgehead atoms. The van der Waals surface area contributed by atoms with Crippen molar-refractivity contribution in [2.45, 2.75) is 25.3 Å². The average Bonchev–Trinajstić information content (AvgIpc) is 3.29. The topological polar surface area (TPSA) is 61.9 Å². The first-order valence-electron chi connectivity index (χ1n) is 9.73. The summed E-state index contributed by atoms with van der Waals surface area (Å²) in [7, 11) is 4.17. The Labute approximate surface area is 179 Å². The zero-order chi connectivity index (χ0) is 20.1. The van der Waals surface area contributed by atoms with Gasteiger partial charge in [0, 0.05) is 24.5 Å². The van der Waals surface area contributed by atoms with Crippen LogP contribution in [0.4, 0.5) is 17.3 Å². The van der Waals surface area contributed by atoms with Crippen LogP contribution in [0, 0.1) is 0 Å². The number of rotatable bonds is 4. The molecule has 3 heterocycles. The second-order valence-corrected chi connectivity index (χ2v) is 8.60. The van der Waals surface area contributed by atoms with E-state index >= 15 is 0 Å². The van der Waals surface area contributed by atoms with Gasteiger partial charge >= 0.3 is 0 Å². The summed E-state index contributed by atoms with van der Waals surface area (Å²) in [6.07, 6.45) is 6.80. The number of anilines is 3. The predicted octanol–water partition coefficient (Wildman–Crippen LogP) is 4.13. The van der Waals surface area contributed by atoms with Gasteiger partial charge in [0.25, 0.3) is 0 Å². The Morgan fingerprint density at radius 1 is 1.17 bits per heavy atom. The van der Waals surface area contributed by atoms with E-state index < -0.39 is 0 Å². The van der Waals surface area contributed by atoms with E-state index in [1.165, 1.54) is 5.71 Å². The van der Waals surface area contributed by atoms with Crippen LogP contribution in [0.1, 0.15) is 25.3 Å². The van der Waals surface area contributed by atoms with E-state index in [1.54, 1.807) is 12.4 Å². The van der Waals surface area contributed by atoms with Crippen LogP contribution in [0.3, 0.4) is 0 Å². The fraction of sp³-hybridized carbons (Fsp3) is 0.400. The second kappa shape index (κ2) is 7.15. The molecule has 1 saturated heterocycles. The third-order valence-corrected chi connectivity index (χ3v) is 6.22. The highest BCUT2D eigenvalue weighted by molar-refractivity contribution is 6.34. The molecule has 2 fully saturated rings. The molecule has 150 valence electrons. The Morgan fingerprint density at radius 3 is 2.72 bits per heavy atom. The summed E-state index contributed by atoms with van der Waals surface area (Å²) in [4.78, 5) is 11.4. The van der Waals surface area contributed by atoms with E-state index in [0.29, 0.717) is 17.1 Å². The molecule has 0 amide bonds. The lowest BCUT2D eigenvalue weighted by Crippen LogP contribution is -2.22. The monoisotopic (exact) mass is 430 g/mol. The molecule has 7 nitrogen and oxygen atoms in total. The van der Waals surface area contributed by atoms with Crippen LogP contribution in [0.2, 0.25) is 10.2 Å². The van der Waals surface area contributed by atoms with Gasteiger partial charge in [-0.3, -0.25) is 0 Å². The quantitative estimate of drug-likeness (QED) is 0.630. The molecule has 9 heteroatoms. The summed E-state index contributed by atoms with van der Waals surface area (Å²) in [5.74, 6) is 0.491. The van der Waals surface area contributed by atoms with E-state index in [0.717, 1.165) is 59.7 Å². The minimum atomic E-state index is 0.421. The molecule has 0 atom stereocenters. The molecular formula is C20H22Cl2N7+. The van der Waals surface area contributed by atoms with Crippen molar-refractivity contribution in [3.05, 3.63) is 34.7 Å². The van der Waals surface area contributed by atoms with Gasteiger partial charge in [0.15, 0.2) is 10.9 Å². The van der Waals surface area contributed by atoms with Crippen molar-refractivity contribution in [1.82, 2.24) is 19.7 Å². The van der Waals surface area contributed by atoms with Crippen molar-refractivity contribution < 1.29 is 4.58 Å². The maximum Gasteiger partial charge on any atom is 0.227 e. The Morgan fingerprint density at radius 2 is 2.00 bits per heavy atom. The van der Waals surface area contributed by atoms with Crippen LogP contribution < -0.4 is 10.2 Å². The maximum absolute atomic E-state index is 6.58. The number of nitrogens with zero attached hydrogens (tertiary/aromatic N) is 6. The molecule has 1 aliphatic heterocycles. The van der Waals surface area contributed by atoms with Crippen molar-refractivity contribution in [2.24, 2.45) is 0 Å². The zero-order valence-electron chi connectivity index (χ0n) is 16.4. The summed E-state index contributed by atoms with van der Waals surface area (Å²) < 4.78 is 4.04. The SMILES string of the molecule is C[N+](C)=C1CCN(c2cc3nc(Nc4cnn(C5CC5)c4Cl)ncc3cc2Cl)C1.